The van der Waals surface area contributed by atoms with Crippen LogP contribution in [-0.2, 0) is 13.0 Å². The van der Waals surface area contributed by atoms with Gasteiger partial charge in [-0.25, -0.2) is 0 Å². The van der Waals surface area contributed by atoms with E-state index in [4.69, 9.17) is 23.2 Å². The van der Waals surface area contributed by atoms with Gasteiger partial charge >= 0.3 is 0 Å². The zero-order valence-electron chi connectivity index (χ0n) is 9.98. The van der Waals surface area contributed by atoms with Gasteiger partial charge in [-0.15, -0.1) is 0 Å². The molecule has 0 saturated carbocycles. The smallest absolute Gasteiger partial charge is 0.101 e. The van der Waals surface area contributed by atoms with E-state index >= 15 is 0 Å². The highest BCUT2D eigenvalue weighted by atomic mass is 35.5. The number of halogens is 2. The van der Waals surface area contributed by atoms with Gasteiger partial charge < -0.3 is 5.11 Å². The number of benzene rings is 1. The second-order valence-corrected chi connectivity index (χ2v) is 4.88. The minimum atomic E-state index is -0.666. The largest absolute Gasteiger partial charge is 0.386 e. The first-order chi connectivity index (χ1) is 8.61. The third-order valence-electron chi connectivity index (χ3n) is 2.79. The Morgan fingerprint density at radius 3 is 2.56 bits per heavy atom. The number of nitrogens with zero attached hydrogens (tertiary/aromatic N) is 2. The number of aliphatic hydroxyl groups is 1. The quantitative estimate of drug-likeness (QED) is 0.933. The zero-order valence-corrected chi connectivity index (χ0v) is 11.5. The van der Waals surface area contributed by atoms with Crippen LogP contribution in [0.3, 0.4) is 0 Å². The molecule has 0 aliphatic heterocycles. The van der Waals surface area contributed by atoms with Gasteiger partial charge in [-0.3, -0.25) is 4.68 Å². The van der Waals surface area contributed by atoms with Crippen LogP contribution < -0.4 is 0 Å². The molecule has 1 atom stereocenters. The summed E-state index contributed by atoms with van der Waals surface area (Å²) in [6.45, 7) is 2.64. The van der Waals surface area contributed by atoms with Crippen LogP contribution in [0.15, 0.2) is 30.5 Å². The summed E-state index contributed by atoms with van der Waals surface area (Å²) in [5.41, 5.74) is 1.67. The molecule has 2 rings (SSSR count). The highest BCUT2D eigenvalue weighted by molar-refractivity contribution is 6.31. The van der Waals surface area contributed by atoms with Crippen molar-refractivity contribution in [2.75, 3.05) is 0 Å². The molecule has 0 amide bonds. The zero-order chi connectivity index (χ0) is 13.1. The van der Waals surface area contributed by atoms with Crippen LogP contribution in [0.4, 0.5) is 0 Å². The second kappa shape index (κ2) is 5.74. The average Bonchev–Trinajstić information content (AvgIpc) is 2.73. The van der Waals surface area contributed by atoms with Crippen molar-refractivity contribution < 1.29 is 5.11 Å². The van der Waals surface area contributed by atoms with Gasteiger partial charge in [-0.2, -0.15) is 5.10 Å². The first kappa shape index (κ1) is 13.4. The molecule has 3 nitrogen and oxygen atoms in total. The van der Waals surface area contributed by atoms with Crippen molar-refractivity contribution >= 4 is 23.2 Å². The summed E-state index contributed by atoms with van der Waals surface area (Å²) < 4.78 is 1.71. The molecule has 1 N–H and O–H groups in total. The van der Waals surface area contributed by atoms with Crippen LogP contribution in [-0.4, -0.2) is 14.9 Å². The lowest BCUT2D eigenvalue weighted by Gasteiger charge is -2.13. The Morgan fingerprint density at radius 2 is 1.94 bits per heavy atom. The molecular weight excluding hydrogens is 271 g/mol. The Hall–Kier alpha value is -1.03. The predicted molar refractivity (Wildman–Crippen MR) is 73.0 cm³/mol. The van der Waals surface area contributed by atoms with Gasteiger partial charge in [0.1, 0.15) is 6.10 Å². The summed E-state index contributed by atoms with van der Waals surface area (Å²) >= 11 is 11.9. The van der Waals surface area contributed by atoms with E-state index < -0.39 is 6.10 Å². The lowest BCUT2D eigenvalue weighted by molar-refractivity contribution is 0.167. The monoisotopic (exact) mass is 284 g/mol. The fourth-order valence-electron chi connectivity index (χ4n) is 1.90. The predicted octanol–water partition coefficient (Wildman–Crippen LogP) is 3.49. The third-order valence-corrected chi connectivity index (χ3v) is 3.33. The van der Waals surface area contributed by atoms with Gasteiger partial charge in [0.25, 0.3) is 0 Å². The van der Waals surface area contributed by atoms with Gasteiger partial charge in [0.15, 0.2) is 0 Å². The molecule has 1 unspecified atom stereocenters. The van der Waals surface area contributed by atoms with Crippen LogP contribution >= 0.6 is 23.2 Å². The maximum absolute atomic E-state index is 10.2. The molecule has 0 aliphatic rings. The summed E-state index contributed by atoms with van der Waals surface area (Å²) in [5.74, 6) is 0. The summed E-state index contributed by atoms with van der Waals surface area (Å²) in [7, 11) is 0. The second-order valence-electron chi connectivity index (χ2n) is 4.04. The summed E-state index contributed by atoms with van der Waals surface area (Å²) in [6, 6.07) is 7.41. The van der Waals surface area contributed by atoms with E-state index in [9.17, 15) is 5.11 Å². The summed E-state index contributed by atoms with van der Waals surface area (Å²) in [6.07, 6.45) is 1.38. The van der Waals surface area contributed by atoms with E-state index in [1.165, 1.54) is 0 Å². The van der Waals surface area contributed by atoms with Crippen molar-refractivity contribution in [3.63, 3.8) is 0 Å². The summed E-state index contributed by atoms with van der Waals surface area (Å²) in [4.78, 5) is 0. The standard InChI is InChI=1S/C13H14Cl2N2O/c1-2-17-13(11(15)8-16-17)12(18)7-9-3-5-10(14)6-4-9/h3-6,8,12,18H,2,7H2,1H3. The van der Waals surface area contributed by atoms with Crippen LogP contribution in [0.1, 0.15) is 24.3 Å². The van der Waals surface area contributed by atoms with E-state index in [-0.39, 0.29) is 0 Å². The fourth-order valence-corrected chi connectivity index (χ4v) is 2.29. The van der Waals surface area contributed by atoms with Crippen molar-refractivity contribution in [2.45, 2.75) is 26.0 Å². The average molecular weight is 285 g/mol. The highest BCUT2D eigenvalue weighted by Gasteiger charge is 2.17. The van der Waals surface area contributed by atoms with Gasteiger partial charge in [0.2, 0.25) is 0 Å². The first-order valence-corrected chi connectivity index (χ1v) is 6.51. The van der Waals surface area contributed by atoms with Crippen molar-refractivity contribution in [3.8, 4) is 0 Å². The van der Waals surface area contributed by atoms with Crippen molar-refractivity contribution in [1.29, 1.82) is 0 Å². The Balaban J connectivity index is 2.18. The van der Waals surface area contributed by atoms with Crippen molar-refractivity contribution in [2.24, 2.45) is 0 Å². The molecule has 1 heterocycles. The van der Waals surface area contributed by atoms with Gasteiger partial charge in [-0.1, -0.05) is 35.3 Å². The molecule has 0 bridgehead atoms. The number of aromatic nitrogens is 2. The maximum atomic E-state index is 10.2. The highest BCUT2D eigenvalue weighted by Crippen LogP contribution is 2.26. The number of aliphatic hydroxyl groups excluding tert-OH is 1. The van der Waals surface area contributed by atoms with Crippen LogP contribution in [0.25, 0.3) is 0 Å². The summed E-state index contributed by atoms with van der Waals surface area (Å²) in [5, 5.41) is 15.5. The Bertz CT molecular complexity index is 522. The Labute approximate surface area is 116 Å². The molecule has 0 aliphatic carbocycles. The molecular formula is C13H14Cl2N2O. The van der Waals surface area contributed by atoms with Crippen LogP contribution in [0.5, 0.6) is 0 Å². The number of rotatable bonds is 4. The van der Waals surface area contributed by atoms with Gasteiger partial charge in [0, 0.05) is 18.0 Å². The molecule has 0 saturated heterocycles. The molecule has 0 radical (unpaired) electrons. The third kappa shape index (κ3) is 2.86. The number of aryl methyl sites for hydroxylation is 1. The molecule has 2 aromatic rings. The van der Waals surface area contributed by atoms with E-state index in [2.05, 4.69) is 5.10 Å². The maximum Gasteiger partial charge on any atom is 0.101 e. The molecule has 1 aromatic carbocycles. The fraction of sp³-hybridized carbons (Fsp3) is 0.308. The molecule has 18 heavy (non-hydrogen) atoms. The molecule has 96 valence electrons. The van der Waals surface area contributed by atoms with E-state index in [0.29, 0.717) is 28.7 Å². The molecule has 0 fully saturated rings. The SMILES string of the molecule is CCn1ncc(Cl)c1C(O)Cc1ccc(Cl)cc1. The van der Waals surface area contributed by atoms with E-state index in [1.807, 2.05) is 31.2 Å². The molecule has 5 heteroatoms. The number of hydrogen-bond acceptors (Lipinski definition) is 2. The lowest BCUT2D eigenvalue weighted by atomic mass is 10.1. The Kier molecular flexibility index (Phi) is 4.27. The Morgan fingerprint density at radius 1 is 1.28 bits per heavy atom. The molecule has 0 spiro atoms. The number of hydrogen-bond donors (Lipinski definition) is 1. The lowest BCUT2D eigenvalue weighted by Crippen LogP contribution is -2.10. The van der Waals surface area contributed by atoms with Gasteiger partial charge in [-0.05, 0) is 24.6 Å². The van der Waals surface area contributed by atoms with E-state index in [1.54, 1.807) is 10.9 Å². The minimum Gasteiger partial charge on any atom is -0.386 e. The van der Waals surface area contributed by atoms with Crippen LogP contribution in [0, 0.1) is 0 Å². The van der Waals surface area contributed by atoms with Crippen LogP contribution in [0.2, 0.25) is 10.0 Å². The van der Waals surface area contributed by atoms with Gasteiger partial charge in [0.05, 0.1) is 16.9 Å². The van der Waals surface area contributed by atoms with E-state index in [0.717, 1.165) is 5.56 Å². The van der Waals surface area contributed by atoms with Crippen molar-refractivity contribution in [3.05, 3.63) is 51.8 Å². The topological polar surface area (TPSA) is 38.0 Å². The molecule has 1 aromatic heterocycles. The normalized spacial score (nSPS) is 12.7. The minimum absolute atomic E-state index is 0.489. The van der Waals surface area contributed by atoms with Crippen molar-refractivity contribution in [1.82, 2.24) is 9.78 Å². The first-order valence-electron chi connectivity index (χ1n) is 5.75.